The standard InChI is InChI=1S/C25H28ClN3O2/c26-21-4-6-22(7-5-21)28-14-12-27(13-15-28)11-9-23(30)20-16-18-2-1-10-29-24(31)8-3-19(17-20)25(18)29/h4-7,16-17H,1-3,8-15H2. The number of anilines is 2. The second-order valence-corrected chi connectivity index (χ2v) is 9.21. The number of carbonyl (C=O) groups excluding carboxylic acids is 2. The van der Waals surface area contributed by atoms with Gasteiger partial charge >= 0.3 is 0 Å². The molecule has 1 amide bonds. The molecule has 0 saturated carbocycles. The van der Waals surface area contributed by atoms with E-state index in [-0.39, 0.29) is 11.7 Å². The van der Waals surface area contributed by atoms with Gasteiger partial charge in [-0.3, -0.25) is 14.5 Å². The first-order chi connectivity index (χ1) is 15.1. The number of aryl methyl sites for hydroxylation is 2. The van der Waals surface area contributed by atoms with Crippen molar-refractivity contribution < 1.29 is 9.59 Å². The summed E-state index contributed by atoms with van der Waals surface area (Å²) >= 11 is 5.99. The van der Waals surface area contributed by atoms with E-state index < -0.39 is 0 Å². The number of rotatable bonds is 5. The lowest BCUT2D eigenvalue weighted by Gasteiger charge is -2.36. The van der Waals surface area contributed by atoms with Crippen LogP contribution in [0, 0.1) is 0 Å². The lowest BCUT2D eigenvalue weighted by molar-refractivity contribution is -0.119. The van der Waals surface area contributed by atoms with Gasteiger partial charge < -0.3 is 9.80 Å². The summed E-state index contributed by atoms with van der Waals surface area (Å²) in [6, 6.07) is 12.1. The smallest absolute Gasteiger partial charge is 0.227 e. The first-order valence-corrected chi connectivity index (χ1v) is 11.7. The summed E-state index contributed by atoms with van der Waals surface area (Å²) in [5.74, 6) is 0.443. The number of benzene rings is 2. The van der Waals surface area contributed by atoms with E-state index in [9.17, 15) is 9.59 Å². The molecule has 1 saturated heterocycles. The quantitative estimate of drug-likeness (QED) is 0.664. The lowest BCUT2D eigenvalue weighted by Crippen LogP contribution is -2.46. The van der Waals surface area contributed by atoms with Crippen molar-refractivity contribution in [2.24, 2.45) is 0 Å². The van der Waals surface area contributed by atoms with E-state index in [1.54, 1.807) is 0 Å². The summed E-state index contributed by atoms with van der Waals surface area (Å²) in [6.45, 7) is 5.45. The predicted molar refractivity (Wildman–Crippen MR) is 124 cm³/mol. The molecule has 2 aromatic rings. The molecular formula is C25H28ClN3O2. The minimum atomic E-state index is 0.216. The van der Waals surface area contributed by atoms with E-state index >= 15 is 0 Å². The van der Waals surface area contributed by atoms with Crippen LogP contribution in [0.2, 0.25) is 5.02 Å². The zero-order valence-electron chi connectivity index (χ0n) is 17.8. The van der Waals surface area contributed by atoms with Crippen LogP contribution >= 0.6 is 11.6 Å². The van der Waals surface area contributed by atoms with E-state index in [0.717, 1.165) is 74.8 Å². The maximum atomic E-state index is 13.0. The minimum Gasteiger partial charge on any atom is -0.369 e. The molecule has 0 unspecified atom stereocenters. The topological polar surface area (TPSA) is 43.9 Å². The molecule has 0 atom stereocenters. The van der Waals surface area contributed by atoms with Crippen molar-refractivity contribution in [3.8, 4) is 0 Å². The number of piperazine rings is 1. The maximum absolute atomic E-state index is 13.0. The summed E-state index contributed by atoms with van der Waals surface area (Å²) in [4.78, 5) is 31.9. The molecule has 0 spiro atoms. The molecule has 5 rings (SSSR count). The monoisotopic (exact) mass is 437 g/mol. The van der Waals surface area contributed by atoms with Crippen LogP contribution in [-0.4, -0.2) is 55.9 Å². The molecule has 162 valence electrons. The maximum Gasteiger partial charge on any atom is 0.227 e. The number of hydrogen-bond acceptors (Lipinski definition) is 4. The summed E-state index contributed by atoms with van der Waals surface area (Å²) in [5, 5.41) is 0.761. The Morgan fingerprint density at radius 3 is 2.35 bits per heavy atom. The zero-order valence-corrected chi connectivity index (χ0v) is 18.5. The van der Waals surface area contributed by atoms with Crippen LogP contribution in [0.4, 0.5) is 11.4 Å². The van der Waals surface area contributed by atoms with Gasteiger partial charge in [-0.15, -0.1) is 0 Å². The zero-order chi connectivity index (χ0) is 21.4. The largest absolute Gasteiger partial charge is 0.369 e. The van der Waals surface area contributed by atoms with Crippen molar-refractivity contribution in [2.45, 2.75) is 32.1 Å². The van der Waals surface area contributed by atoms with Crippen molar-refractivity contribution in [1.29, 1.82) is 0 Å². The molecule has 31 heavy (non-hydrogen) atoms. The highest BCUT2D eigenvalue weighted by Gasteiger charge is 2.30. The van der Waals surface area contributed by atoms with Crippen LogP contribution in [0.15, 0.2) is 36.4 Å². The van der Waals surface area contributed by atoms with Gasteiger partial charge in [-0.2, -0.15) is 0 Å². The Kier molecular flexibility index (Phi) is 5.72. The fraction of sp³-hybridized carbons (Fsp3) is 0.440. The predicted octanol–water partition coefficient (Wildman–Crippen LogP) is 3.96. The van der Waals surface area contributed by atoms with E-state index in [2.05, 4.69) is 21.9 Å². The summed E-state index contributed by atoms with van der Waals surface area (Å²) in [7, 11) is 0. The van der Waals surface area contributed by atoms with Crippen molar-refractivity contribution in [2.75, 3.05) is 49.1 Å². The second-order valence-electron chi connectivity index (χ2n) is 8.77. The normalized spacial score (nSPS) is 18.8. The van der Waals surface area contributed by atoms with Crippen LogP contribution in [0.5, 0.6) is 0 Å². The van der Waals surface area contributed by atoms with Crippen LogP contribution in [0.25, 0.3) is 0 Å². The van der Waals surface area contributed by atoms with Crippen molar-refractivity contribution in [1.82, 2.24) is 4.90 Å². The van der Waals surface area contributed by atoms with Crippen molar-refractivity contribution >= 4 is 34.7 Å². The van der Waals surface area contributed by atoms with Crippen LogP contribution in [-0.2, 0) is 17.6 Å². The third-order valence-corrected chi connectivity index (χ3v) is 7.07. The van der Waals surface area contributed by atoms with Gasteiger partial charge in [-0.05, 0) is 66.8 Å². The van der Waals surface area contributed by atoms with Crippen LogP contribution in [0.3, 0.4) is 0 Å². The molecule has 0 aromatic heterocycles. The molecule has 5 nitrogen and oxygen atoms in total. The van der Waals surface area contributed by atoms with E-state index in [0.29, 0.717) is 12.8 Å². The van der Waals surface area contributed by atoms with Gasteiger partial charge in [0.25, 0.3) is 0 Å². The Hall–Kier alpha value is -2.37. The molecule has 0 bridgehead atoms. The van der Waals surface area contributed by atoms with Gasteiger partial charge in [0.1, 0.15) is 0 Å². The molecule has 0 aliphatic carbocycles. The average molecular weight is 438 g/mol. The number of ketones is 1. The highest BCUT2D eigenvalue weighted by atomic mass is 35.5. The highest BCUT2D eigenvalue weighted by molar-refractivity contribution is 6.30. The first-order valence-electron chi connectivity index (χ1n) is 11.3. The number of Topliss-reactive ketones (excluding diaryl/α,β-unsaturated/α-hetero) is 1. The van der Waals surface area contributed by atoms with Gasteiger partial charge in [0.15, 0.2) is 5.78 Å². The van der Waals surface area contributed by atoms with Crippen molar-refractivity contribution in [3.63, 3.8) is 0 Å². The average Bonchev–Trinajstić information content (AvgIpc) is 2.80. The lowest BCUT2D eigenvalue weighted by atomic mass is 9.88. The number of carbonyl (C=O) groups is 2. The van der Waals surface area contributed by atoms with Gasteiger partial charge in [0, 0.05) is 68.4 Å². The number of nitrogens with zero attached hydrogens (tertiary/aromatic N) is 3. The minimum absolute atomic E-state index is 0.216. The highest BCUT2D eigenvalue weighted by Crippen LogP contribution is 2.36. The van der Waals surface area contributed by atoms with E-state index in [1.165, 1.54) is 16.8 Å². The van der Waals surface area contributed by atoms with Crippen molar-refractivity contribution in [3.05, 3.63) is 58.1 Å². The Morgan fingerprint density at radius 1 is 0.903 bits per heavy atom. The number of hydrogen-bond donors (Lipinski definition) is 0. The van der Waals surface area contributed by atoms with E-state index in [1.807, 2.05) is 29.2 Å². The van der Waals surface area contributed by atoms with Crippen LogP contribution in [0.1, 0.15) is 40.7 Å². The summed E-state index contributed by atoms with van der Waals surface area (Å²) in [6.07, 6.45) is 3.79. The molecule has 3 aliphatic heterocycles. The van der Waals surface area contributed by atoms with Gasteiger partial charge in [-0.25, -0.2) is 0 Å². The first kappa shape index (κ1) is 20.5. The molecule has 0 radical (unpaired) electrons. The fourth-order valence-electron chi connectivity index (χ4n) is 5.10. The molecule has 3 heterocycles. The molecule has 2 aromatic carbocycles. The third-order valence-electron chi connectivity index (χ3n) is 6.82. The Bertz CT molecular complexity index is 979. The Morgan fingerprint density at radius 2 is 1.61 bits per heavy atom. The summed E-state index contributed by atoms with van der Waals surface area (Å²) in [5.41, 5.74) is 5.48. The van der Waals surface area contributed by atoms with Gasteiger partial charge in [-0.1, -0.05) is 11.6 Å². The van der Waals surface area contributed by atoms with Gasteiger partial charge in [0.2, 0.25) is 5.91 Å². The van der Waals surface area contributed by atoms with Gasteiger partial charge in [0.05, 0.1) is 5.69 Å². The van der Waals surface area contributed by atoms with E-state index in [4.69, 9.17) is 11.6 Å². The third kappa shape index (κ3) is 4.21. The Labute approximate surface area is 188 Å². The molecular weight excluding hydrogens is 410 g/mol. The number of amides is 1. The molecule has 0 N–H and O–H groups in total. The molecule has 1 fully saturated rings. The SMILES string of the molecule is O=C(CCN1CCN(c2ccc(Cl)cc2)CC1)c1cc2c3c(c1)CCC(=O)N3CCC2. The second kappa shape index (κ2) is 8.64. The fourth-order valence-corrected chi connectivity index (χ4v) is 5.23. The Balaban J connectivity index is 1.19. The van der Waals surface area contributed by atoms with Crippen LogP contribution < -0.4 is 9.80 Å². The molecule has 3 aliphatic rings. The summed E-state index contributed by atoms with van der Waals surface area (Å²) < 4.78 is 0. The number of halogens is 1. The molecule has 6 heteroatoms.